The van der Waals surface area contributed by atoms with E-state index in [0.717, 1.165) is 12.1 Å². The molecule has 2 aromatic carbocycles. The Morgan fingerprint density at radius 1 is 1.14 bits per heavy atom. The zero-order valence-electron chi connectivity index (χ0n) is 14.4. The molecule has 0 fully saturated rings. The van der Waals surface area contributed by atoms with Gasteiger partial charge in [0.25, 0.3) is 0 Å². The summed E-state index contributed by atoms with van der Waals surface area (Å²) in [4.78, 5) is 10.6. The molecule has 10 heteroatoms. The van der Waals surface area contributed by atoms with Crippen molar-refractivity contribution < 1.29 is 32.2 Å². The number of halogens is 6. The number of rotatable bonds is 7. The Balaban J connectivity index is 2.22. The van der Waals surface area contributed by atoms with Gasteiger partial charge in [-0.1, -0.05) is 23.2 Å². The largest absolute Gasteiger partial charge is 0.486 e. The molecule has 0 bridgehead atoms. The van der Waals surface area contributed by atoms with E-state index in [4.69, 9.17) is 33.0 Å². The maximum absolute atomic E-state index is 13.3. The number of nitrogens with one attached hydrogen (secondary N) is 1. The van der Waals surface area contributed by atoms with Crippen molar-refractivity contribution in [2.24, 2.45) is 0 Å². The third-order valence-electron chi connectivity index (χ3n) is 3.73. The van der Waals surface area contributed by atoms with E-state index in [2.05, 4.69) is 5.32 Å². The summed E-state index contributed by atoms with van der Waals surface area (Å²) in [6, 6.07) is 5.98. The number of alkyl halides is 4. The van der Waals surface area contributed by atoms with E-state index in [1.54, 1.807) is 0 Å². The second-order valence-corrected chi connectivity index (χ2v) is 6.67. The number of aliphatic carboxylic acids is 1. The summed E-state index contributed by atoms with van der Waals surface area (Å²) in [7, 11) is 1.49. The molecule has 0 radical (unpaired) electrons. The van der Waals surface area contributed by atoms with Crippen molar-refractivity contribution in [3.05, 3.63) is 57.1 Å². The molecule has 0 saturated carbocycles. The first-order valence-corrected chi connectivity index (χ1v) is 8.63. The molecule has 0 aromatic heterocycles. The van der Waals surface area contributed by atoms with Crippen LogP contribution in [0.4, 0.5) is 23.2 Å². The molecule has 0 aliphatic heterocycles. The van der Waals surface area contributed by atoms with Gasteiger partial charge in [0.05, 0.1) is 15.6 Å². The summed E-state index contributed by atoms with van der Waals surface area (Å²) >= 11 is 12.1. The minimum absolute atomic E-state index is 0.00114. The van der Waals surface area contributed by atoms with Crippen LogP contribution in [0.2, 0.25) is 10.0 Å². The molecular formula is C18H15Cl2F4NO3. The summed E-state index contributed by atoms with van der Waals surface area (Å²) in [5, 5.41) is 11.2. The molecule has 0 aliphatic carbocycles. The Labute approximate surface area is 168 Å². The van der Waals surface area contributed by atoms with E-state index in [1.165, 1.54) is 25.2 Å². The van der Waals surface area contributed by atoms with Crippen LogP contribution in [0.3, 0.4) is 0 Å². The highest BCUT2D eigenvalue weighted by Gasteiger charge is 2.31. The molecule has 0 amide bonds. The molecule has 2 rings (SSSR count). The number of carboxylic acids is 1. The van der Waals surface area contributed by atoms with Crippen molar-refractivity contribution in [3.63, 3.8) is 0 Å². The molecule has 2 aromatic rings. The molecule has 152 valence electrons. The molecule has 1 unspecified atom stereocenters. The fraction of sp³-hybridized carbons (Fsp3) is 0.278. The molecule has 4 nitrogen and oxygen atoms in total. The fourth-order valence-electron chi connectivity index (χ4n) is 2.40. The lowest BCUT2D eigenvalue weighted by Crippen LogP contribution is -2.17. The van der Waals surface area contributed by atoms with Crippen LogP contribution in [-0.4, -0.2) is 24.3 Å². The predicted octanol–water partition coefficient (Wildman–Crippen LogP) is 5.60. The summed E-state index contributed by atoms with van der Waals surface area (Å²) in [5.74, 6) is -1.61. The van der Waals surface area contributed by atoms with Crippen molar-refractivity contribution in [2.75, 3.05) is 12.4 Å². The van der Waals surface area contributed by atoms with Crippen molar-refractivity contribution in [1.29, 1.82) is 0 Å². The van der Waals surface area contributed by atoms with Gasteiger partial charge in [0.2, 0.25) is 6.17 Å². The minimum atomic E-state index is -4.52. The van der Waals surface area contributed by atoms with Gasteiger partial charge in [0, 0.05) is 19.2 Å². The normalized spacial score (nSPS) is 12.5. The first kappa shape index (κ1) is 22.1. The van der Waals surface area contributed by atoms with Crippen molar-refractivity contribution in [2.45, 2.75) is 25.4 Å². The molecule has 0 saturated heterocycles. The van der Waals surface area contributed by atoms with E-state index in [-0.39, 0.29) is 39.2 Å². The van der Waals surface area contributed by atoms with Gasteiger partial charge in [-0.05, 0) is 41.5 Å². The number of hydrogen-bond acceptors (Lipinski definition) is 3. The van der Waals surface area contributed by atoms with Crippen LogP contribution in [0, 0.1) is 0 Å². The zero-order chi connectivity index (χ0) is 21.1. The molecular weight excluding hydrogens is 425 g/mol. The number of anilines is 1. The zero-order valence-corrected chi connectivity index (χ0v) is 15.9. The quantitative estimate of drug-likeness (QED) is 0.551. The van der Waals surface area contributed by atoms with Crippen LogP contribution < -0.4 is 10.1 Å². The van der Waals surface area contributed by atoms with Crippen LogP contribution in [0.1, 0.15) is 16.7 Å². The Kier molecular flexibility index (Phi) is 7.01. The standard InChI is InChI=1S/C18H15Cl2F4NO3/c1-25-12-3-10(2-11(7-12)18(22,23)24)8-28-16-13(19)4-9(5-14(16)20)6-15(21)17(26)27/h2-5,7,15,25H,6,8H2,1H3,(H,26,27). The fourth-order valence-corrected chi connectivity index (χ4v) is 3.04. The summed E-state index contributed by atoms with van der Waals surface area (Å²) in [5.41, 5.74) is -0.115. The second kappa shape index (κ2) is 8.87. The monoisotopic (exact) mass is 439 g/mol. The van der Waals surface area contributed by atoms with Crippen LogP contribution in [0.15, 0.2) is 30.3 Å². The van der Waals surface area contributed by atoms with Crippen LogP contribution in [-0.2, 0) is 24.0 Å². The summed E-state index contributed by atoms with van der Waals surface area (Å²) < 4.78 is 57.8. The average Bonchev–Trinajstić information content (AvgIpc) is 2.59. The highest BCUT2D eigenvalue weighted by atomic mass is 35.5. The number of carboxylic acid groups (broad SMARTS) is 1. The highest BCUT2D eigenvalue weighted by Crippen LogP contribution is 2.36. The lowest BCUT2D eigenvalue weighted by Gasteiger charge is -2.15. The first-order valence-electron chi connectivity index (χ1n) is 7.87. The van der Waals surface area contributed by atoms with E-state index < -0.39 is 30.3 Å². The lowest BCUT2D eigenvalue weighted by atomic mass is 10.1. The van der Waals surface area contributed by atoms with Gasteiger partial charge in [-0.3, -0.25) is 0 Å². The maximum atomic E-state index is 13.3. The highest BCUT2D eigenvalue weighted by molar-refractivity contribution is 6.37. The first-order chi connectivity index (χ1) is 13.0. The van der Waals surface area contributed by atoms with Crippen molar-refractivity contribution >= 4 is 34.9 Å². The van der Waals surface area contributed by atoms with E-state index in [0.29, 0.717) is 0 Å². The van der Waals surface area contributed by atoms with Gasteiger partial charge in [-0.15, -0.1) is 0 Å². The van der Waals surface area contributed by atoms with Crippen LogP contribution >= 0.6 is 23.2 Å². The average molecular weight is 440 g/mol. The molecule has 1 atom stereocenters. The minimum Gasteiger partial charge on any atom is -0.486 e. The Hall–Kier alpha value is -2.19. The SMILES string of the molecule is CNc1cc(COc2c(Cl)cc(CC(F)C(=O)O)cc2Cl)cc(C(F)(F)F)c1. The maximum Gasteiger partial charge on any atom is 0.416 e. The van der Waals surface area contributed by atoms with Gasteiger partial charge < -0.3 is 15.2 Å². The van der Waals surface area contributed by atoms with Gasteiger partial charge >= 0.3 is 12.1 Å². The molecule has 2 N–H and O–H groups in total. The third-order valence-corrected chi connectivity index (χ3v) is 4.29. The summed E-state index contributed by atoms with van der Waals surface area (Å²) in [6.07, 6.45) is -7.08. The summed E-state index contributed by atoms with van der Waals surface area (Å²) in [6.45, 7) is -0.252. The Morgan fingerprint density at radius 3 is 2.25 bits per heavy atom. The molecule has 0 heterocycles. The Bertz CT molecular complexity index is 851. The number of ether oxygens (including phenoxy) is 1. The second-order valence-electron chi connectivity index (χ2n) is 5.85. The van der Waals surface area contributed by atoms with Crippen LogP contribution in [0.5, 0.6) is 5.75 Å². The van der Waals surface area contributed by atoms with Crippen LogP contribution in [0.25, 0.3) is 0 Å². The third kappa shape index (κ3) is 5.65. The van der Waals surface area contributed by atoms with E-state index in [9.17, 15) is 22.4 Å². The van der Waals surface area contributed by atoms with Gasteiger partial charge in [0.1, 0.15) is 6.61 Å². The number of hydrogen-bond donors (Lipinski definition) is 2. The van der Waals surface area contributed by atoms with Crippen molar-refractivity contribution in [1.82, 2.24) is 0 Å². The van der Waals surface area contributed by atoms with Crippen molar-refractivity contribution in [3.8, 4) is 5.75 Å². The molecule has 0 spiro atoms. The van der Waals surface area contributed by atoms with Gasteiger partial charge in [0.15, 0.2) is 5.75 Å². The Morgan fingerprint density at radius 2 is 1.75 bits per heavy atom. The smallest absolute Gasteiger partial charge is 0.416 e. The lowest BCUT2D eigenvalue weighted by molar-refractivity contribution is -0.142. The topological polar surface area (TPSA) is 58.6 Å². The van der Waals surface area contributed by atoms with Gasteiger partial charge in [-0.25, -0.2) is 9.18 Å². The number of benzene rings is 2. The number of carbonyl (C=O) groups is 1. The molecule has 28 heavy (non-hydrogen) atoms. The van der Waals surface area contributed by atoms with E-state index in [1.807, 2.05) is 0 Å². The predicted molar refractivity (Wildman–Crippen MR) is 98.0 cm³/mol. The van der Waals surface area contributed by atoms with E-state index >= 15 is 0 Å². The van der Waals surface area contributed by atoms with Gasteiger partial charge in [-0.2, -0.15) is 13.2 Å². The molecule has 0 aliphatic rings.